The summed E-state index contributed by atoms with van der Waals surface area (Å²) in [6.07, 6.45) is 1.52. The minimum absolute atomic E-state index is 0.321. The number of rotatable bonds is 4. The molecule has 0 saturated carbocycles. The van der Waals surface area contributed by atoms with Gasteiger partial charge in [-0.1, -0.05) is 29.3 Å². The first-order chi connectivity index (χ1) is 11.4. The van der Waals surface area contributed by atoms with Crippen molar-refractivity contribution in [2.75, 3.05) is 5.32 Å². The highest BCUT2D eigenvalue weighted by Crippen LogP contribution is 2.23. The summed E-state index contributed by atoms with van der Waals surface area (Å²) in [5.74, 6) is 0.137. The van der Waals surface area contributed by atoms with E-state index in [4.69, 9.17) is 23.2 Å². The number of carbonyl (C=O) groups excluding carboxylic acids is 1. The van der Waals surface area contributed by atoms with Crippen LogP contribution in [-0.4, -0.2) is 25.9 Å². The van der Waals surface area contributed by atoms with Crippen molar-refractivity contribution in [3.05, 3.63) is 61.9 Å². The van der Waals surface area contributed by atoms with Crippen molar-refractivity contribution >= 4 is 50.9 Å². The molecule has 1 aromatic carbocycles. The number of anilines is 1. The zero-order chi connectivity index (χ0) is 17.3. The summed E-state index contributed by atoms with van der Waals surface area (Å²) in [5.41, 5.74) is 2.21. The van der Waals surface area contributed by atoms with Gasteiger partial charge in [0.15, 0.2) is 5.82 Å². The van der Waals surface area contributed by atoms with Gasteiger partial charge in [-0.05, 0) is 40.5 Å². The third kappa shape index (κ3) is 3.63. The Hall–Kier alpha value is -1.83. The lowest BCUT2D eigenvalue weighted by molar-refractivity contribution is 0.102. The van der Waals surface area contributed by atoms with Crippen LogP contribution >= 0.6 is 39.1 Å². The number of hydrogen-bond donors (Lipinski definition) is 2. The van der Waals surface area contributed by atoms with Crippen LogP contribution in [0.4, 0.5) is 5.82 Å². The van der Waals surface area contributed by atoms with Crippen molar-refractivity contribution in [1.29, 1.82) is 0 Å². The molecule has 0 bridgehead atoms. The van der Waals surface area contributed by atoms with Crippen LogP contribution < -0.4 is 5.32 Å². The number of carbonyl (C=O) groups is 1. The number of nitrogens with zero attached hydrogens (tertiary/aromatic N) is 3. The van der Waals surface area contributed by atoms with Crippen LogP contribution in [0.5, 0.6) is 0 Å². The summed E-state index contributed by atoms with van der Waals surface area (Å²) in [5, 5.41) is 14.6. The Bertz CT molecular complexity index is 905. The number of aryl methyl sites for hydroxylation is 1. The van der Waals surface area contributed by atoms with E-state index in [-0.39, 0.29) is 5.91 Å². The zero-order valence-electron chi connectivity index (χ0n) is 12.5. The summed E-state index contributed by atoms with van der Waals surface area (Å²) in [7, 11) is 0. The molecule has 0 aliphatic carbocycles. The molecule has 0 saturated heterocycles. The molecule has 3 rings (SSSR count). The Morgan fingerprint density at radius 1 is 1.33 bits per heavy atom. The maximum Gasteiger partial charge on any atom is 0.276 e. The molecule has 2 heterocycles. The van der Waals surface area contributed by atoms with Gasteiger partial charge in [0.05, 0.1) is 27.3 Å². The molecule has 0 atom stereocenters. The highest BCUT2D eigenvalue weighted by atomic mass is 79.9. The lowest BCUT2D eigenvalue weighted by atomic mass is 10.2. The summed E-state index contributed by atoms with van der Waals surface area (Å²) in [4.78, 5) is 12.2. The summed E-state index contributed by atoms with van der Waals surface area (Å²) >= 11 is 15.2. The fourth-order valence-corrected chi connectivity index (χ4v) is 2.84. The normalized spacial score (nSPS) is 10.8. The maximum atomic E-state index is 12.2. The standard InChI is InChI=1S/C15H12BrCl2N5O/c1-8-4-13(20-15(24)14-10(16)6-19-21-14)22-23(8)7-9-2-3-11(17)12(18)5-9/h2-6H,7H2,1H3,(H,19,21)(H,20,22,24). The quantitative estimate of drug-likeness (QED) is 0.650. The predicted molar refractivity (Wildman–Crippen MR) is 96.8 cm³/mol. The Morgan fingerprint density at radius 3 is 2.79 bits per heavy atom. The average molecular weight is 429 g/mol. The van der Waals surface area contributed by atoms with E-state index in [0.717, 1.165) is 11.3 Å². The van der Waals surface area contributed by atoms with Crippen LogP contribution in [0, 0.1) is 6.92 Å². The Morgan fingerprint density at radius 2 is 2.12 bits per heavy atom. The van der Waals surface area contributed by atoms with Crippen molar-refractivity contribution < 1.29 is 4.79 Å². The van der Waals surface area contributed by atoms with Gasteiger partial charge >= 0.3 is 0 Å². The number of H-pyrrole nitrogens is 1. The van der Waals surface area contributed by atoms with Crippen molar-refractivity contribution in [2.45, 2.75) is 13.5 Å². The number of benzene rings is 1. The fourth-order valence-electron chi connectivity index (χ4n) is 2.15. The van der Waals surface area contributed by atoms with E-state index < -0.39 is 0 Å². The molecule has 124 valence electrons. The molecule has 1 amide bonds. The van der Waals surface area contributed by atoms with Crippen LogP contribution in [0.1, 0.15) is 21.7 Å². The van der Waals surface area contributed by atoms with E-state index in [1.807, 2.05) is 13.0 Å². The second kappa shape index (κ2) is 6.96. The third-order valence-electron chi connectivity index (χ3n) is 3.36. The van der Waals surface area contributed by atoms with Gasteiger partial charge in [0, 0.05) is 11.8 Å². The third-order valence-corrected chi connectivity index (χ3v) is 4.70. The molecule has 9 heteroatoms. The van der Waals surface area contributed by atoms with Gasteiger partial charge in [-0.25, -0.2) is 0 Å². The average Bonchev–Trinajstić information content (AvgIpc) is 3.09. The van der Waals surface area contributed by atoms with Gasteiger partial charge in [-0.15, -0.1) is 0 Å². The van der Waals surface area contributed by atoms with Gasteiger partial charge in [-0.2, -0.15) is 10.2 Å². The molecule has 2 N–H and O–H groups in total. The van der Waals surface area contributed by atoms with E-state index in [9.17, 15) is 4.79 Å². The number of aromatic amines is 1. The lowest BCUT2D eigenvalue weighted by Gasteiger charge is -2.06. The highest BCUT2D eigenvalue weighted by molar-refractivity contribution is 9.10. The van der Waals surface area contributed by atoms with Gasteiger partial charge in [-0.3, -0.25) is 14.6 Å². The first kappa shape index (κ1) is 17.0. The van der Waals surface area contributed by atoms with Crippen molar-refractivity contribution in [3.63, 3.8) is 0 Å². The van der Waals surface area contributed by atoms with Crippen LogP contribution in [0.2, 0.25) is 10.0 Å². The minimum Gasteiger partial charge on any atom is -0.304 e. The Kier molecular flexibility index (Phi) is 4.93. The number of aromatic nitrogens is 4. The Balaban J connectivity index is 1.76. The van der Waals surface area contributed by atoms with Crippen LogP contribution in [0.3, 0.4) is 0 Å². The molecule has 2 aromatic heterocycles. The van der Waals surface area contributed by atoms with Gasteiger partial charge in [0.1, 0.15) is 5.69 Å². The van der Waals surface area contributed by atoms with E-state index in [0.29, 0.717) is 32.6 Å². The summed E-state index contributed by atoms with van der Waals surface area (Å²) < 4.78 is 2.36. The largest absolute Gasteiger partial charge is 0.304 e. The van der Waals surface area contributed by atoms with Gasteiger partial charge < -0.3 is 5.32 Å². The monoisotopic (exact) mass is 427 g/mol. The second-order valence-electron chi connectivity index (χ2n) is 5.12. The lowest BCUT2D eigenvalue weighted by Crippen LogP contribution is -2.14. The number of halogens is 3. The number of amides is 1. The fraction of sp³-hybridized carbons (Fsp3) is 0.133. The summed E-state index contributed by atoms with van der Waals surface area (Å²) in [6.45, 7) is 2.43. The molecule has 0 unspecified atom stereocenters. The molecular formula is C15H12BrCl2N5O. The van der Waals surface area contributed by atoms with Gasteiger partial charge in [0.2, 0.25) is 0 Å². The topological polar surface area (TPSA) is 75.6 Å². The first-order valence-electron chi connectivity index (χ1n) is 6.92. The molecule has 0 spiro atoms. The van der Waals surface area contributed by atoms with Gasteiger partial charge in [0.25, 0.3) is 5.91 Å². The van der Waals surface area contributed by atoms with Crippen molar-refractivity contribution in [3.8, 4) is 0 Å². The van der Waals surface area contributed by atoms with Crippen LogP contribution in [0.15, 0.2) is 34.9 Å². The molecule has 6 nitrogen and oxygen atoms in total. The highest BCUT2D eigenvalue weighted by Gasteiger charge is 2.14. The molecule has 24 heavy (non-hydrogen) atoms. The van der Waals surface area contributed by atoms with E-state index in [2.05, 4.69) is 36.5 Å². The van der Waals surface area contributed by atoms with Crippen molar-refractivity contribution in [1.82, 2.24) is 20.0 Å². The SMILES string of the molecule is Cc1cc(NC(=O)c2[nH]ncc2Br)nn1Cc1ccc(Cl)c(Cl)c1. The van der Waals surface area contributed by atoms with E-state index >= 15 is 0 Å². The molecular weight excluding hydrogens is 417 g/mol. The van der Waals surface area contributed by atoms with E-state index in [1.54, 1.807) is 22.9 Å². The first-order valence-corrected chi connectivity index (χ1v) is 8.47. The zero-order valence-corrected chi connectivity index (χ0v) is 15.6. The van der Waals surface area contributed by atoms with Crippen LogP contribution in [0.25, 0.3) is 0 Å². The van der Waals surface area contributed by atoms with Crippen LogP contribution in [-0.2, 0) is 6.54 Å². The summed E-state index contributed by atoms with van der Waals surface area (Å²) in [6, 6.07) is 7.22. The molecule has 0 aliphatic rings. The maximum absolute atomic E-state index is 12.2. The smallest absolute Gasteiger partial charge is 0.276 e. The molecule has 0 aliphatic heterocycles. The van der Waals surface area contributed by atoms with E-state index in [1.165, 1.54) is 6.20 Å². The van der Waals surface area contributed by atoms with Crippen molar-refractivity contribution in [2.24, 2.45) is 0 Å². The predicted octanol–water partition coefficient (Wildman–Crippen LogP) is 4.28. The number of hydrogen-bond acceptors (Lipinski definition) is 3. The minimum atomic E-state index is -0.321. The Labute approximate surface area is 156 Å². The molecule has 0 fully saturated rings. The number of nitrogens with one attached hydrogen (secondary N) is 2. The molecule has 0 radical (unpaired) electrons. The second-order valence-corrected chi connectivity index (χ2v) is 6.79. The molecule has 3 aromatic rings.